The fourth-order valence-corrected chi connectivity index (χ4v) is 2.65. The maximum atomic E-state index is 10.1. The van der Waals surface area contributed by atoms with Crippen LogP contribution in [0.25, 0.3) is 11.0 Å². The first-order valence-corrected chi connectivity index (χ1v) is 7.46. The molecule has 21 heavy (non-hydrogen) atoms. The molecular weight excluding hydrogens is 298 g/mol. The first kappa shape index (κ1) is 14.5. The van der Waals surface area contributed by atoms with Crippen LogP contribution in [-0.4, -0.2) is 66.2 Å². The first-order chi connectivity index (χ1) is 10.1. The van der Waals surface area contributed by atoms with Gasteiger partial charge in [0, 0.05) is 0 Å². The number of rotatable bonds is 3. The number of nitrogens with two attached hydrogens (primary N) is 1. The van der Waals surface area contributed by atoms with Gasteiger partial charge in [-0.3, -0.25) is 0 Å². The van der Waals surface area contributed by atoms with Gasteiger partial charge in [-0.2, -0.15) is 5.10 Å². The van der Waals surface area contributed by atoms with E-state index >= 15 is 0 Å². The summed E-state index contributed by atoms with van der Waals surface area (Å²) in [5, 5.41) is 34.1. The summed E-state index contributed by atoms with van der Waals surface area (Å²) >= 11 is 1.32. The van der Waals surface area contributed by atoms with Gasteiger partial charge in [0.05, 0.1) is 18.2 Å². The monoisotopic (exact) mass is 313 g/mol. The summed E-state index contributed by atoms with van der Waals surface area (Å²) in [5.74, 6) is 0.280. The molecule has 5 N–H and O–H groups in total. The van der Waals surface area contributed by atoms with E-state index in [1.54, 1.807) is 0 Å². The van der Waals surface area contributed by atoms with Gasteiger partial charge in [-0.15, -0.1) is 0 Å². The lowest BCUT2D eigenvalue weighted by molar-refractivity contribution is -0.0566. The van der Waals surface area contributed by atoms with Gasteiger partial charge in [0.15, 0.2) is 17.0 Å². The number of fused-ring (bicyclic) bond motifs is 1. The third kappa shape index (κ3) is 2.24. The van der Waals surface area contributed by atoms with Gasteiger partial charge < -0.3 is 25.8 Å². The summed E-state index contributed by atoms with van der Waals surface area (Å²) in [5.41, 5.74) is 6.25. The van der Waals surface area contributed by atoms with E-state index in [1.807, 2.05) is 6.26 Å². The standard InChI is InChI=1S/C11H15N5O4S/c1-21-11-14-8(12)4-2-13-16(9(4)15-11)10-7(19)6(18)5(3-17)20-10/h2,5-7,10,17-19H,3H2,1H3,(H2,12,14,15). The van der Waals surface area contributed by atoms with E-state index in [0.717, 1.165) is 0 Å². The van der Waals surface area contributed by atoms with Crippen LogP contribution >= 0.6 is 11.8 Å². The Kier molecular flexibility index (Phi) is 3.71. The number of hydrogen-bond donors (Lipinski definition) is 4. The van der Waals surface area contributed by atoms with E-state index < -0.39 is 31.1 Å². The maximum absolute atomic E-state index is 10.1. The molecule has 9 nitrogen and oxygen atoms in total. The van der Waals surface area contributed by atoms with Crippen LogP contribution in [0, 0.1) is 0 Å². The third-order valence-corrected chi connectivity index (χ3v) is 3.95. The van der Waals surface area contributed by atoms with Crippen molar-refractivity contribution in [3.8, 4) is 0 Å². The molecule has 1 aliphatic rings. The van der Waals surface area contributed by atoms with Crippen LogP contribution in [0.4, 0.5) is 5.82 Å². The number of anilines is 1. The highest BCUT2D eigenvalue weighted by atomic mass is 32.2. The van der Waals surface area contributed by atoms with Gasteiger partial charge >= 0.3 is 0 Å². The molecule has 2 aromatic rings. The SMILES string of the molecule is CSc1nc(N)c2cnn(C3OC(CO)C(O)C3O)c2n1. The molecule has 1 saturated heterocycles. The Hall–Kier alpha value is -1.46. The van der Waals surface area contributed by atoms with Crippen molar-refractivity contribution in [3.63, 3.8) is 0 Å². The summed E-state index contributed by atoms with van der Waals surface area (Å²) in [6.45, 7) is -0.402. The van der Waals surface area contributed by atoms with E-state index in [-0.39, 0.29) is 5.82 Å². The molecule has 0 amide bonds. The van der Waals surface area contributed by atoms with Crippen molar-refractivity contribution in [1.29, 1.82) is 0 Å². The van der Waals surface area contributed by atoms with Crippen molar-refractivity contribution < 1.29 is 20.1 Å². The molecule has 4 unspecified atom stereocenters. The molecule has 114 valence electrons. The molecule has 0 saturated carbocycles. The fourth-order valence-electron chi connectivity index (χ4n) is 2.29. The average Bonchev–Trinajstić information content (AvgIpc) is 3.02. The molecule has 0 bridgehead atoms. The second-order valence-electron chi connectivity index (χ2n) is 4.65. The number of hydrogen-bond acceptors (Lipinski definition) is 9. The second-order valence-corrected chi connectivity index (χ2v) is 5.42. The molecular formula is C11H15N5O4S. The number of aliphatic hydroxyl groups is 3. The van der Waals surface area contributed by atoms with E-state index in [1.165, 1.54) is 22.6 Å². The number of nitrogen functional groups attached to an aromatic ring is 1. The van der Waals surface area contributed by atoms with Crippen LogP contribution in [0.15, 0.2) is 11.4 Å². The summed E-state index contributed by atoms with van der Waals surface area (Å²) in [4.78, 5) is 8.41. The minimum atomic E-state index is -1.22. The number of nitrogens with zero attached hydrogens (tertiary/aromatic N) is 4. The number of aliphatic hydroxyl groups excluding tert-OH is 3. The predicted molar refractivity (Wildman–Crippen MR) is 74.5 cm³/mol. The highest BCUT2D eigenvalue weighted by molar-refractivity contribution is 7.98. The smallest absolute Gasteiger partial charge is 0.191 e. The highest BCUT2D eigenvalue weighted by Crippen LogP contribution is 2.32. The zero-order chi connectivity index (χ0) is 15.1. The van der Waals surface area contributed by atoms with E-state index in [9.17, 15) is 10.2 Å². The van der Waals surface area contributed by atoms with Crippen LogP contribution in [0.3, 0.4) is 0 Å². The zero-order valence-electron chi connectivity index (χ0n) is 11.1. The molecule has 0 spiro atoms. The van der Waals surface area contributed by atoms with E-state index in [2.05, 4.69) is 15.1 Å². The van der Waals surface area contributed by atoms with Crippen molar-refractivity contribution in [1.82, 2.24) is 19.7 Å². The predicted octanol–water partition coefficient (Wildman–Crippen LogP) is -1.26. The summed E-state index contributed by atoms with van der Waals surface area (Å²) in [6, 6.07) is 0. The van der Waals surface area contributed by atoms with Crippen molar-refractivity contribution in [2.45, 2.75) is 29.7 Å². The summed E-state index contributed by atoms with van der Waals surface area (Å²) in [6.07, 6.45) is -0.947. The summed E-state index contributed by atoms with van der Waals surface area (Å²) < 4.78 is 6.79. The number of ether oxygens (including phenoxy) is 1. The molecule has 1 aliphatic heterocycles. The Morgan fingerprint density at radius 1 is 1.38 bits per heavy atom. The van der Waals surface area contributed by atoms with Gasteiger partial charge in [-0.25, -0.2) is 14.6 Å². The van der Waals surface area contributed by atoms with Gasteiger partial charge in [0.2, 0.25) is 0 Å². The fraction of sp³-hybridized carbons (Fsp3) is 0.545. The molecule has 3 rings (SSSR count). The Labute approximate surface area is 123 Å². The Morgan fingerprint density at radius 3 is 2.76 bits per heavy atom. The molecule has 0 aromatic carbocycles. The minimum absolute atomic E-state index is 0.280. The molecule has 0 radical (unpaired) electrons. The van der Waals surface area contributed by atoms with Crippen molar-refractivity contribution >= 4 is 28.6 Å². The van der Waals surface area contributed by atoms with Crippen molar-refractivity contribution in [2.24, 2.45) is 0 Å². The Balaban J connectivity index is 2.07. The van der Waals surface area contributed by atoms with Gasteiger partial charge in [0.1, 0.15) is 24.1 Å². The third-order valence-electron chi connectivity index (χ3n) is 3.40. The van der Waals surface area contributed by atoms with Crippen molar-refractivity contribution in [2.75, 3.05) is 18.6 Å². The first-order valence-electron chi connectivity index (χ1n) is 6.24. The average molecular weight is 313 g/mol. The summed E-state index contributed by atoms with van der Waals surface area (Å²) in [7, 11) is 0. The van der Waals surface area contributed by atoms with Crippen LogP contribution in [0.1, 0.15) is 6.23 Å². The topological polar surface area (TPSA) is 140 Å². The van der Waals surface area contributed by atoms with E-state index in [4.69, 9.17) is 15.6 Å². The normalized spacial score (nSPS) is 29.3. The largest absolute Gasteiger partial charge is 0.394 e. The van der Waals surface area contributed by atoms with Gasteiger partial charge in [-0.1, -0.05) is 11.8 Å². The quantitative estimate of drug-likeness (QED) is 0.404. The number of thioether (sulfide) groups is 1. The lowest BCUT2D eigenvalue weighted by atomic mass is 10.1. The molecule has 2 aromatic heterocycles. The van der Waals surface area contributed by atoms with E-state index in [0.29, 0.717) is 16.2 Å². The zero-order valence-corrected chi connectivity index (χ0v) is 11.9. The van der Waals surface area contributed by atoms with Crippen molar-refractivity contribution in [3.05, 3.63) is 6.20 Å². The maximum Gasteiger partial charge on any atom is 0.191 e. The molecule has 4 atom stereocenters. The Morgan fingerprint density at radius 2 is 2.14 bits per heavy atom. The number of aromatic nitrogens is 4. The minimum Gasteiger partial charge on any atom is -0.394 e. The Bertz CT molecular complexity index is 665. The lowest BCUT2D eigenvalue weighted by Crippen LogP contribution is -2.33. The van der Waals surface area contributed by atoms with Crippen LogP contribution in [0.5, 0.6) is 0 Å². The second kappa shape index (κ2) is 5.39. The highest BCUT2D eigenvalue weighted by Gasteiger charge is 2.44. The van der Waals surface area contributed by atoms with Gasteiger partial charge in [-0.05, 0) is 6.26 Å². The van der Waals surface area contributed by atoms with Gasteiger partial charge in [0.25, 0.3) is 0 Å². The molecule has 1 fully saturated rings. The van der Waals surface area contributed by atoms with Crippen LogP contribution in [0.2, 0.25) is 0 Å². The van der Waals surface area contributed by atoms with Crippen LogP contribution < -0.4 is 5.73 Å². The lowest BCUT2D eigenvalue weighted by Gasteiger charge is -2.15. The van der Waals surface area contributed by atoms with Crippen LogP contribution in [-0.2, 0) is 4.74 Å². The molecule has 3 heterocycles. The molecule has 0 aliphatic carbocycles. The molecule has 10 heteroatoms.